The van der Waals surface area contributed by atoms with Gasteiger partial charge in [0.15, 0.2) is 6.61 Å². The summed E-state index contributed by atoms with van der Waals surface area (Å²) in [5.41, 5.74) is 1.76. The first-order valence-corrected chi connectivity index (χ1v) is 9.13. The Labute approximate surface area is 165 Å². The highest BCUT2D eigenvalue weighted by molar-refractivity contribution is 6.30. The third-order valence-corrected chi connectivity index (χ3v) is 4.49. The lowest BCUT2D eigenvalue weighted by Crippen LogP contribution is -2.13. The molecule has 7 nitrogen and oxygen atoms in total. The molecule has 0 saturated heterocycles. The molecule has 0 aliphatic heterocycles. The van der Waals surface area contributed by atoms with Crippen molar-refractivity contribution in [2.75, 3.05) is 5.32 Å². The number of hydrogen-bond acceptors (Lipinski definition) is 6. The Balaban J connectivity index is 1.32. The number of halogens is 1. The first kappa shape index (κ1) is 18.2. The quantitative estimate of drug-likeness (QED) is 0.629. The van der Waals surface area contributed by atoms with Crippen LogP contribution < -0.4 is 5.32 Å². The molecular formula is C20H16ClN3O4. The van der Waals surface area contributed by atoms with Crippen LogP contribution in [0.15, 0.2) is 53.1 Å². The minimum Gasteiger partial charge on any atom is -0.452 e. The van der Waals surface area contributed by atoms with Crippen LogP contribution in [0.4, 0.5) is 5.69 Å². The highest BCUT2D eigenvalue weighted by Crippen LogP contribution is 2.30. The van der Waals surface area contributed by atoms with Gasteiger partial charge in [0.2, 0.25) is 11.7 Å². The Morgan fingerprint density at radius 2 is 1.82 bits per heavy atom. The number of benzene rings is 2. The summed E-state index contributed by atoms with van der Waals surface area (Å²) in [7, 11) is 0. The number of aromatic nitrogens is 2. The number of nitrogens with zero attached hydrogens (tertiary/aromatic N) is 2. The van der Waals surface area contributed by atoms with E-state index in [0.717, 1.165) is 18.4 Å². The second-order valence-corrected chi connectivity index (χ2v) is 6.87. The van der Waals surface area contributed by atoms with E-state index in [4.69, 9.17) is 20.9 Å². The van der Waals surface area contributed by atoms with Crippen molar-refractivity contribution < 1.29 is 18.8 Å². The summed E-state index contributed by atoms with van der Waals surface area (Å²) in [5, 5.41) is 7.29. The van der Waals surface area contributed by atoms with Gasteiger partial charge < -0.3 is 14.6 Å². The first-order chi connectivity index (χ1) is 13.6. The fourth-order valence-corrected chi connectivity index (χ4v) is 2.65. The van der Waals surface area contributed by atoms with Gasteiger partial charge in [-0.25, -0.2) is 4.79 Å². The number of ether oxygens (including phenoxy) is 1. The number of esters is 1. The highest BCUT2D eigenvalue weighted by Gasteiger charge is 2.29. The minimum atomic E-state index is -0.522. The third-order valence-electron chi connectivity index (χ3n) is 4.23. The molecule has 1 fully saturated rings. The van der Waals surface area contributed by atoms with Crippen LogP contribution in [0.3, 0.4) is 0 Å². The Bertz CT molecular complexity index is 995. The number of rotatable bonds is 6. The molecule has 0 unspecified atom stereocenters. The molecule has 1 aromatic heterocycles. The second kappa shape index (κ2) is 7.82. The molecule has 1 aliphatic rings. The van der Waals surface area contributed by atoms with E-state index in [1.54, 1.807) is 48.5 Å². The predicted molar refractivity (Wildman–Crippen MR) is 102 cm³/mol. The molecular weight excluding hydrogens is 382 g/mol. The molecule has 1 heterocycles. The first-order valence-electron chi connectivity index (χ1n) is 8.75. The highest BCUT2D eigenvalue weighted by atomic mass is 35.5. The summed E-state index contributed by atoms with van der Waals surface area (Å²) in [5.74, 6) is 0.191. The van der Waals surface area contributed by atoms with E-state index >= 15 is 0 Å². The molecule has 1 aliphatic carbocycles. The zero-order chi connectivity index (χ0) is 19.5. The Morgan fingerprint density at radius 3 is 2.50 bits per heavy atom. The lowest BCUT2D eigenvalue weighted by Gasteiger charge is -2.05. The number of amides is 1. The maximum absolute atomic E-state index is 12.2. The molecule has 1 amide bonds. The molecule has 0 spiro atoms. The maximum atomic E-state index is 12.2. The largest absolute Gasteiger partial charge is 0.452 e. The standard InChI is InChI=1S/C20H16ClN3O4/c21-15-7-3-12(4-8-15)18-23-17(28-24-18)11-27-20(26)14-5-9-16(10-6-14)22-19(25)13-1-2-13/h3-10,13H,1-2,11H2,(H,22,25). The van der Waals surface area contributed by atoms with Crippen LogP contribution in [0.25, 0.3) is 11.4 Å². The summed E-state index contributed by atoms with van der Waals surface area (Å²) < 4.78 is 10.3. The van der Waals surface area contributed by atoms with E-state index < -0.39 is 5.97 Å². The molecule has 2 aromatic carbocycles. The molecule has 142 valence electrons. The van der Waals surface area contributed by atoms with Crippen LogP contribution >= 0.6 is 11.6 Å². The monoisotopic (exact) mass is 397 g/mol. The normalized spacial score (nSPS) is 13.2. The average molecular weight is 398 g/mol. The number of carbonyl (C=O) groups is 2. The van der Waals surface area contributed by atoms with Crippen molar-refractivity contribution in [1.29, 1.82) is 0 Å². The van der Waals surface area contributed by atoms with Gasteiger partial charge in [0.25, 0.3) is 5.89 Å². The number of carbonyl (C=O) groups excluding carboxylic acids is 2. The van der Waals surface area contributed by atoms with Crippen LogP contribution in [-0.4, -0.2) is 22.0 Å². The lowest BCUT2D eigenvalue weighted by molar-refractivity contribution is -0.117. The lowest BCUT2D eigenvalue weighted by atomic mass is 10.2. The molecule has 3 aromatic rings. The van der Waals surface area contributed by atoms with Gasteiger partial charge in [-0.3, -0.25) is 4.79 Å². The average Bonchev–Trinajstić information content (AvgIpc) is 3.46. The molecule has 0 bridgehead atoms. The zero-order valence-electron chi connectivity index (χ0n) is 14.7. The van der Waals surface area contributed by atoms with Crippen molar-refractivity contribution >= 4 is 29.2 Å². The van der Waals surface area contributed by atoms with Gasteiger partial charge in [0.05, 0.1) is 5.56 Å². The second-order valence-electron chi connectivity index (χ2n) is 6.44. The van der Waals surface area contributed by atoms with Crippen molar-refractivity contribution in [1.82, 2.24) is 10.1 Å². The molecule has 0 radical (unpaired) electrons. The fourth-order valence-electron chi connectivity index (χ4n) is 2.52. The Kier molecular flexibility index (Phi) is 5.08. The summed E-state index contributed by atoms with van der Waals surface area (Å²) in [6.07, 6.45) is 1.87. The van der Waals surface area contributed by atoms with Gasteiger partial charge in [-0.05, 0) is 61.4 Å². The zero-order valence-corrected chi connectivity index (χ0v) is 15.5. The Morgan fingerprint density at radius 1 is 1.11 bits per heavy atom. The predicted octanol–water partition coefficient (Wildman–Crippen LogP) is 4.10. The fraction of sp³-hybridized carbons (Fsp3) is 0.200. The number of nitrogens with one attached hydrogen (secondary N) is 1. The van der Waals surface area contributed by atoms with Crippen molar-refractivity contribution in [3.63, 3.8) is 0 Å². The van der Waals surface area contributed by atoms with Crippen LogP contribution in [-0.2, 0) is 16.1 Å². The number of hydrogen-bond donors (Lipinski definition) is 1. The molecule has 0 atom stereocenters. The molecule has 1 saturated carbocycles. The summed E-state index contributed by atoms with van der Waals surface area (Å²) in [6.45, 7) is -0.139. The summed E-state index contributed by atoms with van der Waals surface area (Å²) >= 11 is 5.86. The van der Waals surface area contributed by atoms with Crippen LogP contribution in [0.1, 0.15) is 29.1 Å². The molecule has 1 N–H and O–H groups in total. The van der Waals surface area contributed by atoms with Gasteiger partial charge in [0.1, 0.15) is 0 Å². The summed E-state index contributed by atoms with van der Waals surface area (Å²) in [6, 6.07) is 13.5. The van der Waals surface area contributed by atoms with Crippen molar-refractivity contribution in [2.24, 2.45) is 5.92 Å². The van der Waals surface area contributed by atoms with Crippen molar-refractivity contribution in [2.45, 2.75) is 19.4 Å². The van der Waals surface area contributed by atoms with Crippen LogP contribution in [0, 0.1) is 5.92 Å². The van der Waals surface area contributed by atoms with Crippen LogP contribution in [0.5, 0.6) is 0 Å². The summed E-state index contributed by atoms with van der Waals surface area (Å²) in [4.78, 5) is 28.1. The van der Waals surface area contributed by atoms with Crippen LogP contribution in [0.2, 0.25) is 5.02 Å². The number of anilines is 1. The SMILES string of the molecule is O=C(OCc1nc(-c2ccc(Cl)cc2)no1)c1ccc(NC(=O)C2CC2)cc1. The van der Waals surface area contributed by atoms with Gasteiger partial charge in [-0.2, -0.15) is 4.98 Å². The smallest absolute Gasteiger partial charge is 0.338 e. The van der Waals surface area contributed by atoms with E-state index in [1.165, 1.54) is 0 Å². The van der Waals surface area contributed by atoms with E-state index in [0.29, 0.717) is 22.1 Å². The topological polar surface area (TPSA) is 94.3 Å². The molecule has 28 heavy (non-hydrogen) atoms. The minimum absolute atomic E-state index is 0.0169. The van der Waals surface area contributed by atoms with Crippen molar-refractivity contribution in [3.05, 3.63) is 65.0 Å². The Hall–Kier alpha value is -3.19. The van der Waals surface area contributed by atoms with Gasteiger partial charge in [-0.15, -0.1) is 0 Å². The maximum Gasteiger partial charge on any atom is 0.338 e. The van der Waals surface area contributed by atoms with E-state index in [-0.39, 0.29) is 24.3 Å². The van der Waals surface area contributed by atoms with E-state index in [9.17, 15) is 9.59 Å². The van der Waals surface area contributed by atoms with Gasteiger partial charge in [0, 0.05) is 22.2 Å². The van der Waals surface area contributed by atoms with Crippen molar-refractivity contribution in [3.8, 4) is 11.4 Å². The van der Waals surface area contributed by atoms with E-state index in [2.05, 4.69) is 15.5 Å². The molecule has 4 rings (SSSR count). The van der Waals surface area contributed by atoms with E-state index in [1.807, 2.05) is 0 Å². The van der Waals surface area contributed by atoms with Gasteiger partial charge >= 0.3 is 5.97 Å². The third kappa shape index (κ3) is 4.37. The molecule has 8 heteroatoms. The van der Waals surface area contributed by atoms with Gasteiger partial charge in [-0.1, -0.05) is 16.8 Å².